The average molecular weight is 247 g/mol. The normalized spacial score (nSPS) is 16.2. The summed E-state index contributed by atoms with van der Waals surface area (Å²) in [5, 5.41) is 7.24. The van der Waals surface area contributed by atoms with E-state index in [1.165, 1.54) is 6.33 Å². The molecule has 1 aliphatic rings. The number of aromatic nitrogens is 3. The van der Waals surface area contributed by atoms with E-state index in [9.17, 15) is 0 Å². The molecule has 5 nitrogen and oxygen atoms in total. The van der Waals surface area contributed by atoms with Crippen LogP contribution in [0, 0.1) is 0 Å². The number of nitrogens with two attached hydrogens (primary N) is 1. The minimum absolute atomic E-state index is 0.108. The Morgan fingerprint density at radius 1 is 1.35 bits per heavy atom. The number of rotatable bonds is 3. The first kappa shape index (κ1) is 11.7. The lowest BCUT2D eigenvalue weighted by molar-refractivity contribution is 0.910. The van der Waals surface area contributed by atoms with Crippen molar-refractivity contribution in [3.8, 4) is 0 Å². The van der Waals surface area contributed by atoms with Gasteiger partial charge >= 0.3 is 0 Å². The molecule has 17 heavy (non-hydrogen) atoms. The summed E-state index contributed by atoms with van der Waals surface area (Å²) >= 11 is 1.64. The number of thioether (sulfide) groups is 1. The van der Waals surface area contributed by atoms with Gasteiger partial charge in [0.2, 0.25) is 11.9 Å². The van der Waals surface area contributed by atoms with E-state index in [4.69, 9.17) is 5.73 Å². The molecule has 2 heterocycles. The third-order valence-corrected chi connectivity index (χ3v) is 2.83. The largest absolute Gasteiger partial charge is 0.368 e. The van der Waals surface area contributed by atoms with Crippen molar-refractivity contribution in [2.24, 2.45) is 0 Å². The predicted octanol–water partition coefficient (Wildman–Crippen LogP) is 1.95. The van der Waals surface area contributed by atoms with Gasteiger partial charge in [-0.25, -0.2) is 9.97 Å². The first-order valence-corrected chi connectivity index (χ1v) is 6.10. The molecule has 6 heteroatoms. The Hall–Kier alpha value is -1.82. The minimum atomic E-state index is 0.108. The molecule has 1 aliphatic heterocycles. The first-order chi connectivity index (χ1) is 8.25. The number of nitrogens with one attached hydrogen (secondary N) is 1. The molecule has 0 spiro atoms. The van der Waals surface area contributed by atoms with Crippen LogP contribution in [0.2, 0.25) is 0 Å². The van der Waals surface area contributed by atoms with Crippen molar-refractivity contribution in [3.05, 3.63) is 40.9 Å². The SMILES string of the molecule is CC(Nc1ncnc(N)n1)C1=CC=CSC=C1. The molecule has 0 aromatic carbocycles. The van der Waals surface area contributed by atoms with Gasteiger partial charge in [-0.2, -0.15) is 4.98 Å². The highest BCUT2D eigenvalue weighted by molar-refractivity contribution is 8.04. The van der Waals surface area contributed by atoms with Crippen molar-refractivity contribution in [1.29, 1.82) is 0 Å². The monoisotopic (exact) mass is 247 g/mol. The Kier molecular flexibility index (Phi) is 3.77. The molecule has 0 aliphatic carbocycles. The summed E-state index contributed by atoms with van der Waals surface area (Å²) in [6.45, 7) is 2.04. The number of nitrogen functional groups attached to an aromatic ring is 1. The van der Waals surface area contributed by atoms with E-state index in [-0.39, 0.29) is 12.0 Å². The molecular formula is C11H13N5S. The second-order valence-electron chi connectivity index (χ2n) is 3.47. The Morgan fingerprint density at radius 3 is 3.06 bits per heavy atom. The first-order valence-electron chi connectivity index (χ1n) is 5.15. The molecule has 3 N–H and O–H groups in total. The third-order valence-electron chi connectivity index (χ3n) is 2.22. The van der Waals surface area contributed by atoms with Crippen LogP contribution in [0.3, 0.4) is 0 Å². The van der Waals surface area contributed by atoms with Gasteiger partial charge in [-0.15, -0.1) is 11.8 Å². The maximum atomic E-state index is 5.49. The van der Waals surface area contributed by atoms with Crippen molar-refractivity contribution >= 4 is 23.7 Å². The number of hydrogen-bond donors (Lipinski definition) is 2. The van der Waals surface area contributed by atoms with Gasteiger partial charge in [0.25, 0.3) is 0 Å². The lowest BCUT2D eigenvalue weighted by Crippen LogP contribution is -2.19. The van der Waals surface area contributed by atoms with Gasteiger partial charge in [-0.05, 0) is 23.3 Å². The topological polar surface area (TPSA) is 76.7 Å². The maximum absolute atomic E-state index is 5.49. The van der Waals surface area contributed by atoms with Crippen LogP contribution in [0.1, 0.15) is 6.92 Å². The highest BCUT2D eigenvalue weighted by Gasteiger charge is 2.08. The second kappa shape index (κ2) is 5.49. The Balaban J connectivity index is 2.08. The number of allylic oxidation sites excluding steroid dienone is 2. The van der Waals surface area contributed by atoms with Gasteiger partial charge < -0.3 is 11.1 Å². The lowest BCUT2D eigenvalue weighted by Gasteiger charge is -2.14. The highest BCUT2D eigenvalue weighted by Crippen LogP contribution is 2.16. The standard InChI is InChI=1S/C11H13N5S/c1-8(9-3-2-5-17-6-4-9)15-11-14-7-13-10(12)16-11/h2-8H,1H3,(H3,12,13,14,15,16). The van der Waals surface area contributed by atoms with Crippen molar-refractivity contribution in [2.45, 2.75) is 13.0 Å². The van der Waals surface area contributed by atoms with E-state index >= 15 is 0 Å². The summed E-state index contributed by atoms with van der Waals surface area (Å²) in [6, 6.07) is 0.108. The van der Waals surface area contributed by atoms with E-state index in [1.54, 1.807) is 11.8 Å². The van der Waals surface area contributed by atoms with Gasteiger partial charge in [-0.3, -0.25) is 0 Å². The fourth-order valence-corrected chi connectivity index (χ4v) is 1.85. The van der Waals surface area contributed by atoms with E-state index in [1.807, 2.05) is 23.8 Å². The van der Waals surface area contributed by atoms with Crippen LogP contribution >= 0.6 is 11.8 Å². The molecule has 0 amide bonds. The van der Waals surface area contributed by atoms with Gasteiger partial charge in [0, 0.05) is 0 Å². The average Bonchev–Trinajstić information content (AvgIpc) is 2.57. The van der Waals surface area contributed by atoms with Gasteiger partial charge in [0.05, 0.1) is 6.04 Å². The van der Waals surface area contributed by atoms with Crippen molar-refractivity contribution in [3.63, 3.8) is 0 Å². The van der Waals surface area contributed by atoms with Crippen LogP contribution in [-0.2, 0) is 0 Å². The predicted molar refractivity (Wildman–Crippen MR) is 71.3 cm³/mol. The highest BCUT2D eigenvalue weighted by atomic mass is 32.2. The third kappa shape index (κ3) is 3.32. The van der Waals surface area contributed by atoms with Crippen molar-refractivity contribution in [1.82, 2.24) is 15.0 Å². The fraction of sp³-hybridized carbons (Fsp3) is 0.182. The van der Waals surface area contributed by atoms with Crippen LogP contribution in [0.4, 0.5) is 11.9 Å². The fourth-order valence-electron chi connectivity index (χ4n) is 1.36. The van der Waals surface area contributed by atoms with E-state index in [2.05, 4.69) is 32.4 Å². The van der Waals surface area contributed by atoms with E-state index in [0.717, 1.165) is 5.57 Å². The molecule has 1 aromatic heterocycles. The molecule has 0 bridgehead atoms. The van der Waals surface area contributed by atoms with Crippen molar-refractivity contribution in [2.75, 3.05) is 11.1 Å². The molecule has 0 saturated carbocycles. The zero-order valence-corrected chi connectivity index (χ0v) is 10.2. The summed E-state index contributed by atoms with van der Waals surface area (Å²) in [6.07, 6.45) is 7.52. The van der Waals surface area contributed by atoms with Crippen LogP contribution in [0.25, 0.3) is 0 Å². The van der Waals surface area contributed by atoms with Gasteiger partial charge in [0.15, 0.2) is 0 Å². The van der Waals surface area contributed by atoms with Crippen LogP contribution in [-0.4, -0.2) is 21.0 Å². The molecule has 0 radical (unpaired) electrons. The van der Waals surface area contributed by atoms with E-state index < -0.39 is 0 Å². The Bertz CT molecular complexity index is 481. The van der Waals surface area contributed by atoms with Gasteiger partial charge in [0.1, 0.15) is 6.33 Å². The molecule has 88 valence electrons. The summed E-state index contributed by atoms with van der Waals surface area (Å²) in [4.78, 5) is 11.8. The smallest absolute Gasteiger partial charge is 0.227 e. The molecule has 1 unspecified atom stereocenters. The lowest BCUT2D eigenvalue weighted by atomic mass is 10.1. The minimum Gasteiger partial charge on any atom is -0.368 e. The van der Waals surface area contributed by atoms with Crippen LogP contribution < -0.4 is 11.1 Å². The summed E-state index contributed by atoms with van der Waals surface area (Å²) in [7, 11) is 0. The van der Waals surface area contributed by atoms with E-state index in [0.29, 0.717) is 5.95 Å². The summed E-state index contributed by atoms with van der Waals surface area (Å²) in [5.41, 5.74) is 6.65. The summed E-state index contributed by atoms with van der Waals surface area (Å²) in [5.74, 6) is 0.704. The quantitative estimate of drug-likeness (QED) is 0.850. The number of anilines is 2. The van der Waals surface area contributed by atoms with Gasteiger partial charge in [-0.1, -0.05) is 18.2 Å². The molecule has 0 saturated heterocycles. The number of hydrogen-bond acceptors (Lipinski definition) is 6. The maximum Gasteiger partial charge on any atom is 0.227 e. The molecule has 1 aromatic rings. The molecular weight excluding hydrogens is 234 g/mol. The Labute approximate surface area is 104 Å². The van der Waals surface area contributed by atoms with Crippen LogP contribution in [0.5, 0.6) is 0 Å². The Morgan fingerprint density at radius 2 is 2.24 bits per heavy atom. The van der Waals surface area contributed by atoms with Crippen molar-refractivity contribution < 1.29 is 0 Å². The summed E-state index contributed by atoms with van der Waals surface area (Å²) < 4.78 is 0. The van der Waals surface area contributed by atoms with Crippen LogP contribution in [0.15, 0.2) is 40.9 Å². The molecule has 0 fully saturated rings. The molecule has 1 atom stereocenters. The second-order valence-corrected chi connectivity index (χ2v) is 4.28. The zero-order valence-electron chi connectivity index (χ0n) is 9.37. The molecule has 2 rings (SSSR count). The number of nitrogens with zero attached hydrogens (tertiary/aromatic N) is 3. The zero-order chi connectivity index (χ0) is 12.1.